The number of morpholine rings is 1. The smallest absolute Gasteiger partial charge is 0.268 e. The van der Waals surface area contributed by atoms with E-state index in [1.807, 2.05) is 6.92 Å². The fourth-order valence-corrected chi connectivity index (χ4v) is 5.54. The maximum absolute atomic E-state index is 12.0. The summed E-state index contributed by atoms with van der Waals surface area (Å²) in [4.78, 5) is 12.0. The van der Waals surface area contributed by atoms with Crippen LogP contribution < -0.4 is 4.89 Å². The number of rotatable bonds is 26. The molecule has 0 bridgehead atoms. The Hall–Kier alpha value is -0.0100. The number of likely N-dealkylation sites (N-methyl/N-ethyl adjacent to an activating group) is 1. The molecule has 0 aromatic rings. The third-order valence-electron chi connectivity index (χ3n) is 7.49. The zero-order valence-electron chi connectivity index (χ0n) is 24.6. The van der Waals surface area contributed by atoms with E-state index in [9.17, 15) is 9.46 Å². The highest BCUT2D eigenvalue weighted by atomic mass is 31.2. The third-order valence-corrected chi connectivity index (χ3v) is 8.46. The fraction of sp³-hybridized carbons (Fsp3) is 1.00. The Morgan fingerprint density at radius 2 is 1.24 bits per heavy atom. The van der Waals surface area contributed by atoms with Crippen LogP contribution in [-0.4, -0.2) is 70.8 Å². The van der Waals surface area contributed by atoms with Crippen LogP contribution in [0, 0.1) is 5.92 Å². The van der Waals surface area contributed by atoms with E-state index in [0.29, 0.717) is 26.4 Å². The molecule has 0 aliphatic carbocycles. The molecule has 1 fully saturated rings. The van der Waals surface area contributed by atoms with Crippen molar-refractivity contribution in [1.82, 2.24) is 0 Å². The first kappa shape index (κ1) is 35.0. The van der Waals surface area contributed by atoms with Gasteiger partial charge < -0.3 is 27.9 Å². The second kappa shape index (κ2) is 22.8. The SMILES string of the molecule is CCCCCCCCCCCCCCCCCCOC[C@H](C)COP(=O)([O-])OCC[N+]1(C)CCOCC1. The van der Waals surface area contributed by atoms with Gasteiger partial charge in [0.1, 0.15) is 26.2 Å². The summed E-state index contributed by atoms with van der Waals surface area (Å²) in [6.45, 7) is 9.50. The summed E-state index contributed by atoms with van der Waals surface area (Å²) in [6.07, 6.45) is 21.7. The topological polar surface area (TPSA) is 77.1 Å². The minimum atomic E-state index is -4.27. The number of quaternary nitrogens is 1. The Morgan fingerprint density at radius 1 is 0.757 bits per heavy atom. The largest absolute Gasteiger partial charge is 0.756 e. The summed E-state index contributed by atoms with van der Waals surface area (Å²) in [6, 6.07) is 0. The van der Waals surface area contributed by atoms with Crippen molar-refractivity contribution in [2.75, 3.05) is 66.3 Å². The van der Waals surface area contributed by atoms with Crippen molar-refractivity contribution in [3.8, 4) is 0 Å². The molecule has 0 aromatic heterocycles. The highest BCUT2D eigenvalue weighted by molar-refractivity contribution is 7.45. The first-order valence-electron chi connectivity index (χ1n) is 15.5. The van der Waals surface area contributed by atoms with Gasteiger partial charge >= 0.3 is 0 Å². The number of unbranched alkanes of at least 4 members (excludes halogenated alkanes) is 15. The molecule has 1 heterocycles. The van der Waals surface area contributed by atoms with Gasteiger partial charge in [0.2, 0.25) is 0 Å². The van der Waals surface area contributed by atoms with Crippen molar-refractivity contribution in [3.63, 3.8) is 0 Å². The Kier molecular flexibility index (Phi) is 21.5. The van der Waals surface area contributed by atoms with E-state index in [2.05, 4.69) is 14.0 Å². The molecule has 2 atom stereocenters. The van der Waals surface area contributed by atoms with E-state index in [1.54, 1.807) is 0 Å². The molecule has 7 nitrogen and oxygen atoms in total. The molecule has 0 radical (unpaired) electrons. The van der Waals surface area contributed by atoms with Crippen LogP contribution in [0.25, 0.3) is 0 Å². The molecule has 0 aromatic carbocycles. The predicted octanol–water partition coefficient (Wildman–Crippen LogP) is 6.88. The average Bonchev–Trinajstić information content (AvgIpc) is 2.87. The van der Waals surface area contributed by atoms with Crippen LogP contribution in [0.15, 0.2) is 0 Å². The monoisotopic (exact) mass is 549 g/mol. The molecule has 0 spiro atoms. The third kappa shape index (κ3) is 21.5. The summed E-state index contributed by atoms with van der Waals surface area (Å²) < 4.78 is 34.0. The molecule has 8 heteroatoms. The van der Waals surface area contributed by atoms with Crippen molar-refractivity contribution in [1.29, 1.82) is 0 Å². The minimum absolute atomic E-state index is 0.00993. The lowest BCUT2D eigenvalue weighted by Crippen LogP contribution is -2.53. The molecule has 222 valence electrons. The van der Waals surface area contributed by atoms with Crippen LogP contribution in [0.5, 0.6) is 0 Å². The maximum atomic E-state index is 12.0. The number of hydrogen-bond donors (Lipinski definition) is 0. The van der Waals surface area contributed by atoms with Crippen LogP contribution >= 0.6 is 7.82 Å². The van der Waals surface area contributed by atoms with Crippen LogP contribution in [0.4, 0.5) is 0 Å². The first-order valence-corrected chi connectivity index (χ1v) is 16.9. The van der Waals surface area contributed by atoms with Gasteiger partial charge in [-0.15, -0.1) is 0 Å². The van der Waals surface area contributed by atoms with Crippen molar-refractivity contribution >= 4 is 7.82 Å². The first-order chi connectivity index (χ1) is 17.9. The molecule has 1 unspecified atom stereocenters. The molecule has 1 aliphatic rings. The zero-order chi connectivity index (χ0) is 27.1. The molecule has 0 amide bonds. The van der Waals surface area contributed by atoms with Gasteiger partial charge in [0.15, 0.2) is 0 Å². The van der Waals surface area contributed by atoms with Gasteiger partial charge in [-0.3, -0.25) is 4.57 Å². The van der Waals surface area contributed by atoms with Gasteiger partial charge in [0, 0.05) is 12.5 Å². The van der Waals surface area contributed by atoms with E-state index in [-0.39, 0.29) is 19.1 Å². The Labute approximate surface area is 229 Å². The van der Waals surface area contributed by atoms with E-state index < -0.39 is 7.82 Å². The lowest BCUT2D eigenvalue weighted by atomic mass is 10.0. The second-order valence-electron chi connectivity index (χ2n) is 11.5. The lowest BCUT2D eigenvalue weighted by Gasteiger charge is -2.38. The minimum Gasteiger partial charge on any atom is -0.756 e. The van der Waals surface area contributed by atoms with Crippen LogP contribution in [-0.2, 0) is 23.1 Å². The summed E-state index contributed by atoms with van der Waals surface area (Å²) in [5.41, 5.74) is 0. The number of hydrogen-bond acceptors (Lipinski definition) is 6. The van der Waals surface area contributed by atoms with Crippen LogP contribution in [0.2, 0.25) is 0 Å². The molecular weight excluding hydrogens is 489 g/mol. The Morgan fingerprint density at radius 3 is 1.76 bits per heavy atom. The van der Waals surface area contributed by atoms with Crippen LogP contribution in [0.1, 0.15) is 117 Å². The lowest BCUT2D eigenvalue weighted by molar-refractivity contribution is -0.916. The van der Waals surface area contributed by atoms with E-state index in [0.717, 1.165) is 30.6 Å². The standard InChI is InChI=1S/C29H60NO6P/c1-4-5-6-7-8-9-10-11-12-13-14-15-16-17-18-19-23-34-27-29(2)28-36-37(31,32)35-26-22-30(3)20-24-33-25-21-30/h29H,4-28H2,1-3H3/t29-/m0/s1. The van der Waals surface area contributed by atoms with Gasteiger partial charge in [-0.25, -0.2) is 0 Å². The van der Waals surface area contributed by atoms with Crippen molar-refractivity contribution in [3.05, 3.63) is 0 Å². The quantitative estimate of drug-likeness (QED) is 0.0665. The molecule has 0 N–H and O–H groups in total. The number of phosphoric ester groups is 1. The Bertz CT molecular complexity index is 559. The van der Waals surface area contributed by atoms with Gasteiger partial charge in [-0.1, -0.05) is 110 Å². The highest BCUT2D eigenvalue weighted by Crippen LogP contribution is 2.38. The molecule has 37 heavy (non-hydrogen) atoms. The zero-order valence-corrected chi connectivity index (χ0v) is 25.5. The molecule has 0 saturated carbocycles. The number of nitrogens with zero attached hydrogens (tertiary/aromatic N) is 1. The summed E-state index contributed by atoms with van der Waals surface area (Å²) in [5, 5.41) is 0. The van der Waals surface area contributed by atoms with Gasteiger partial charge in [0.25, 0.3) is 7.82 Å². The molecular formula is C29H60NO6P. The average molecular weight is 550 g/mol. The number of ether oxygens (including phenoxy) is 2. The molecule has 1 rings (SSSR count). The summed E-state index contributed by atoms with van der Waals surface area (Å²) >= 11 is 0. The van der Waals surface area contributed by atoms with E-state index in [1.165, 1.54) is 96.3 Å². The fourth-order valence-electron chi connectivity index (χ4n) is 4.72. The highest BCUT2D eigenvalue weighted by Gasteiger charge is 2.25. The van der Waals surface area contributed by atoms with Crippen molar-refractivity contribution in [2.24, 2.45) is 5.92 Å². The van der Waals surface area contributed by atoms with E-state index >= 15 is 0 Å². The normalized spacial score (nSPS) is 18.1. The summed E-state index contributed by atoms with van der Waals surface area (Å²) in [7, 11) is -2.17. The van der Waals surface area contributed by atoms with Gasteiger partial charge in [-0.2, -0.15) is 0 Å². The second-order valence-corrected chi connectivity index (χ2v) is 12.9. The Balaban J connectivity index is 1.84. The predicted molar refractivity (Wildman–Crippen MR) is 151 cm³/mol. The summed E-state index contributed by atoms with van der Waals surface area (Å²) in [5.74, 6) is 0.00993. The maximum Gasteiger partial charge on any atom is 0.268 e. The van der Waals surface area contributed by atoms with Gasteiger partial charge in [0.05, 0.1) is 33.5 Å². The molecule has 1 aliphatic heterocycles. The van der Waals surface area contributed by atoms with E-state index in [4.69, 9.17) is 18.5 Å². The molecule has 1 saturated heterocycles. The van der Waals surface area contributed by atoms with Gasteiger partial charge in [-0.05, 0) is 6.42 Å². The van der Waals surface area contributed by atoms with Crippen molar-refractivity contribution < 1.29 is 32.5 Å². The van der Waals surface area contributed by atoms with Crippen molar-refractivity contribution in [2.45, 2.75) is 117 Å². The van der Waals surface area contributed by atoms with Crippen LogP contribution in [0.3, 0.4) is 0 Å². The number of phosphoric acid groups is 1.